The van der Waals surface area contributed by atoms with Crippen molar-refractivity contribution >= 4 is 35.6 Å². The first-order valence-corrected chi connectivity index (χ1v) is 13.1. The van der Waals surface area contributed by atoms with E-state index in [9.17, 15) is 14.0 Å². The number of allylic oxidation sites excluding steroid dienone is 2. The van der Waals surface area contributed by atoms with Crippen molar-refractivity contribution in [1.29, 1.82) is 0 Å². The van der Waals surface area contributed by atoms with E-state index >= 15 is 0 Å². The molecule has 9 heteroatoms. The molecule has 1 saturated carbocycles. The Kier molecular flexibility index (Phi) is 9.03. The molecule has 2 fully saturated rings. The monoisotopic (exact) mass is 519 g/mol. The van der Waals surface area contributed by atoms with E-state index in [1.54, 1.807) is 25.1 Å². The average molecular weight is 520 g/mol. The molecule has 1 aliphatic heterocycles. The van der Waals surface area contributed by atoms with Crippen LogP contribution in [-0.2, 0) is 11.3 Å². The minimum absolute atomic E-state index is 0.199. The molecule has 2 aliphatic rings. The summed E-state index contributed by atoms with van der Waals surface area (Å²) < 4.78 is 14.0. The number of amides is 2. The Labute approximate surface area is 220 Å². The fourth-order valence-electron chi connectivity index (χ4n) is 4.44. The maximum atomic E-state index is 14.0. The van der Waals surface area contributed by atoms with Crippen molar-refractivity contribution in [2.24, 2.45) is 9.98 Å². The van der Waals surface area contributed by atoms with Crippen molar-refractivity contribution in [2.45, 2.75) is 51.2 Å². The molecule has 37 heavy (non-hydrogen) atoms. The molecule has 2 aromatic carbocycles. The number of guanidine groups is 1. The Morgan fingerprint density at radius 3 is 2.51 bits per heavy atom. The van der Waals surface area contributed by atoms with Crippen LogP contribution in [0.1, 0.15) is 38.2 Å². The maximum Gasteiger partial charge on any atom is 0.290 e. The highest BCUT2D eigenvalue weighted by Gasteiger charge is 2.25. The molecule has 0 unspecified atom stereocenters. The summed E-state index contributed by atoms with van der Waals surface area (Å²) in [5.74, 6) is -0.277. The van der Waals surface area contributed by atoms with Crippen LogP contribution in [-0.4, -0.2) is 35.9 Å². The van der Waals surface area contributed by atoms with Gasteiger partial charge < -0.3 is 10.6 Å². The van der Waals surface area contributed by atoms with Crippen molar-refractivity contribution in [1.82, 2.24) is 16.0 Å². The van der Waals surface area contributed by atoms with Crippen LogP contribution >= 0.6 is 11.8 Å². The lowest BCUT2D eigenvalue weighted by Crippen LogP contribution is -2.41. The zero-order valence-electron chi connectivity index (χ0n) is 20.7. The van der Waals surface area contributed by atoms with Crippen molar-refractivity contribution in [2.75, 3.05) is 0 Å². The molecule has 192 valence electrons. The van der Waals surface area contributed by atoms with Crippen molar-refractivity contribution < 1.29 is 14.0 Å². The Balaban J connectivity index is 1.31. The van der Waals surface area contributed by atoms with Crippen LogP contribution in [0.2, 0.25) is 0 Å². The topological polar surface area (TPSA) is 95.0 Å². The number of benzene rings is 2. The first-order chi connectivity index (χ1) is 17.9. The summed E-state index contributed by atoms with van der Waals surface area (Å²) in [4.78, 5) is 32.0. The van der Waals surface area contributed by atoms with Gasteiger partial charge in [-0.25, -0.2) is 14.4 Å². The van der Waals surface area contributed by atoms with Gasteiger partial charge in [-0.3, -0.25) is 14.9 Å². The highest BCUT2D eigenvalue weighted by molar-refractivity contribution is 8.18. The largest absolute Gasteiger partial charge is 0.351 e. The van der Waals surface area contributed by atoms with Crippen molar-refractivity contribution in [3.8, 4) is 11.1 Å². The van der Waals surface area contributed by atoms with E-state index in [2.05, 4.69) is 32.7 Å². The molecule has 0 aromatic heterocycles. The van der Waals surface area contributed by atoms with E-state index in [4.69, 9.17) is 0 Å². The summed E-state index contributed by atoms with van der Waals surface area (Å²) >= 11 is 0.850. The summed E-state index contributed by atoms with van der Waals surface area (Å²) in [6, 6.07) is 15.4. The van der Waals surface area contributed by atoms with Gasteiger partial charge in [-0.15, -0.1) is 0 Å². The van der Waals surface area contributed by atoms with E-state index in [1.807, 2.05) is 36.4 Å². The van der Waals surface area contributed by atoms with E-state index in [1.165, 1.54) is 6.07 Å². The van der Waals surface area contributed by atoms with Crippen LogP contribution in [0.15, 0.2) is 81.3 Å². The molecule has 1 saturated heterocycles. The number of nitrogens with zero attached hydrogens (tertiary/aromatic N) is 2. The predicted octanol–water partition coefficient (Wildman–Crippen LogP) is 5.31. The third-order valence-corrected chi connectivity index (χ3v) is 7.21. The normalized spacial score (nSPS) is 21.7. The highest BCUT2D eigenvalue weighted by atomic mass is 32.2. The fraction of sp³-hybridized carbons (Fsp3) is 0.286. The number of hydrogen-bond donors (Lipinski definition) is 3. The van der Waals surface area contributed by atoms with Gasteiger partial charge in [0.1, 0.15) is 5.82 Å². The molecule has 0 spiro atoms. The SMILES string of the molecule is C=N\C(=N/C(=C\C)/C=C1\SC(=O)NC1=O)N[C@H]1CC[C@H](NCc2ccc(F)cc2-c2ccccc2)CC1. The summed E-state index contributed by atoms with van der Waals surface area (Å²) in [7, 11) is 0. The standard InChI is InChI=1S/C28H30FN5O2S/c1-3-21(16-25-26(35)34-28(36)37-25)32-27(30-2)33-23-13-11-22(12-14-23)31-17-19-9-10-20(29)15-24(19)18-7-5-4-6-8-18/h3-10,15-16,22-23,31H,2,11-14,17H2,1H3,(H,32,33)(H,34,35,36)/b21-3-,25-16-/t22-,23-. The van der Waals surface area contributed by atoms with E-state index in [0.29, 0.717) is 29.1 Å². The number of imide groups is 1. The van der Waals surface area contributed by atoms with Gasteiger partial charge in [-0.2, -0.15) is 0 Å². The van der Waals surface area contributed by atoms with Gasteiger partial charge in [-0.1, -0.05) is 42.5 Å². The number of nitrogens with one attached hydrogen (secondary N) is 3. The average Bonchev–Trinajstić information content (AvgIpc) is 3.24. The van der Waals surface area contributed by atoms with E-state index < -0.39 is 11.1 Å². The first-order valence-electron chi connectivity index (χ1n) is 12.3. The van der Waals surface area contributed by atoms with Gasteiger partial charge in [0.15, 0.2) is 0 Å². The minimum atomic E-state index is -0.423. The van der Waals surface area contributed by atoms with Crippen molar-refractivity contribution in [3.63, 3.8) is 0 Å². The number of aliphatic imine (C=N–C) groups is 2. The number of rotatable bonds is 7. The lowest BCUT2D eigenvalue weighted by atomic mass is 9.90. The predicted molar refractivity (Wildman–Crippen MR) is 148 cm³/mol. The number of carbonyl (C=O) groups is 2. The van der Waals surface area contributed by atoms with Crippen LogP contribution < -0.4 is 16.0 Å². The molecule has 2 aromatic rings. The van der Waals surface area contributed by atoms with Gasteiger partial charge in [-0.05, 0) is 86.0 Å². The zero-order chi connectivity index (χ0) is 26.2. The van der Waals surface area contributed by atoms with E-state index in [0.717, 1.165) is 54.1 Å². The molecule has 1 aliphatic carbocycles. The maximum absolute atomic E-state index is 14.0. The number of thioether (sulfide) groups is 1. The van der Waals surface area contributed by atoms with Gasteiger partial charge in [0.2, 0.25) is 5.96 Å². The zero-order valence-corrected chi connectivity index (χ0v) is 21.5. The lowest BCUT2D eigenvalue weighted by molar-refractivity contribution is -0.115. The van der Waals surface area contributed by atoms with Crippen LogP contribution in [0, 0.1) is 5.82 Å². The quantitative estimate of drug-likeness (QED) is 0.262. The van der Waals surface area contributed by atoms with Crippen LogP contribution in [0.5, 0.6) is 0 Å². The molecular formula is C28H30FN5O2S. The summed E-state index contributed by atoms with van der Waals surface area (Å²) in [6.07, 6.45) is 7.13. The molecule has 0 radical (unpaired) electrons. The van der Waals surface area contributed by atoms with Crippen LogP contribution in [0.3, 0.4) is 0 Å². The lowest BCUT2D eigenvalue weighted by Gasteiger charge is -2.30. The second kappa shape index (κ2) is 12.6. The van der Waals surface area contributed by atoms with Gasteiger partial charge in [0.25, 0.3) is 11.1 Å². The Bertz CT molecular complexity index is 1250. The third kappa shape index (κ3) is 7.24. The number of hydrogen-bond acceptors (Lipinski definition) is 5. The van der Waals surface area contributed by atoms with Crippen LogP contribution in [0.4, 0.5) is 9.18 Å². The Morgan fingerprint density at radius 2 is 1.86 bits per heavy atom. The molecule has 4 rings (SSSR count). The second-order valence-corrected chi connectivity index (χ2v) is 9.92. The molecule has 7 nitrogen and oxygen atoms in total. The Hall–Kier alpha value is -3.56. The molecule has 0 atom stereocenters. The number of halogens is 1. The summed E-state index contributed by atoms with van der Waals surface area (Å²) in [5.41, 5.74) is 3.51. The molecule has 3 N–H and O–H groups in total. The highest BCUT2D eigenvalue weighted by Crippen LogP contribution is 2.27. The third-order valence-electron chi connectivity index (χ3n) is 6.40. The van der Waals surface area contributed by atoms with Gasteiger partial charge in [0, 0.05) is 18.6 Å². The molecular weight excluding hydrogens is 489 g/mol. The summed E-state index contributed by atoms with van der Waals surface area (Å²) in [5, 5.41) is 8.84. The van der Waals surface area contributed by atoms with Crippen molar-refractivity contribution in [3.05, 3.63) is 82.7 Å². The van der Waals surface area contributed by atoms with Crippen LogP contribution in [0.25, 0.3) is 11.1 Å². The summed E-state index contributed by atoms with van der Waals surface area (Å²) in [6.45, 7) is 6.09. The molecule has 1 heterocycles. The smallest absolute Gasteiger partial charge is 0.290 e. The first kappa shape index (κ1) is 26.5. The number of carbonyl (C=O) groups excluding carboxylic acids is 2. The van der Waals surface area contributed by atoms with Gasteiger partial charge >= 0.3 is 0 Å². The second-order valence-electron chi connectivity index (χ2n) is 8.90. The van der Waals surface area contributed by atoms with E-state index in [-0.39, 0.29) is 11.9 Å². The Morgan fingerprint density at radius 1 is 1.14 bits per heavy atom. The minimum Gasteiger partial charge on any atom is -0.351 e. The molecule has 2 amide bonds. The molecule has 0 bridgehead atoms. The van der Waals surface area contributed by atoms with Gasteiger partial charge in [0.05, 0.1) is 10.6 Å². The fourth-order valence-corrected chi connectivity index (χ4v) is 5.11.